The Hall–Kier alpha value is -2.73. The van der Waals surface area contributed by atoms with Gasteiger partial charge in [0, 0.05) is 6.54 Å². The van der Waals surface area contributed by atoms with E-state index in [4.69, 9.17) is 21.1 Å². The fourth-order valence-electron chi connectivity index (χ4n) is 2.59. The van der Waals surface area contributed by atoms with Crippen LogP contribution in [0.4, 0.5) is 5.13 Å². The second-order valence-electron chi connectivity index (χ2n) is 6.78. The summed E-state index contributed by atoms with van der Waals surface area (Å²) in [6.45, 7) is 3.80. The predicted octanol–water partition coefficient (Wildman–Crippen LogP) is 3.72. The Balaban J connectivity index is 1.67. The number of halogens is 1. The SMILES string of the molecule is COc1cc(CNS(=O)(=O)c2nnc(NC(=O)c3ccccc3Cl)s2)ccc1OC(C)C. The Kier molecular flexibility index (Phi) is 7.67. The van der Waals surface area contributed by atoms with Crippen LogP contribution in [0.3, 0.4) is 0 Å². The zero-order valence-electron chi connectivity index (χ0n) is 17.5. The molecule has 0 saturated heterocycles. The molecule has 1 heterocycles. The van der Waals surface area contributed by atoms with Crippen molar-refractivity contribution in [1.29, 1.82) is 0 Å². The Morgan fingerprint density at radius 3 is 2.59 bits per heavy atom. The third kappa shape index (κ3) is 5.94. The molecule has 170 valence electrons. The lowest BCUT2D eigenvalue weighted by Crippen LogP contribution is -2.23. The Morgan fingerprint density at radius 2 is 1.91 bits per heavy atom. The van der Waals surface area contributed by atoms with Crippen LogP contribution >= 0.6 is 22.9 Å². The van der Waals surface area contributed by atoms with Crippen molar-refractivity contribution in [2.24, 2.45) is 0 Å². The standard InChI is InChI=1S/C20H21ClN4O5S2/c1-12(2)30-16-9-8-13(10-17(16)29-3)11-22-32(27,28)20-25-24-19(31-20)23-18(26)14-6-4-5-7-15(14)21/h4-10,12,22H,11H2,1-3H3,(H,23,24,26). The van der Waals surface area contributed by atoms with Gasteiger partial charge in [-0.25, -0.2) is 13.1 Å². The number of carbonyl (C=O) groups excluding carboxylic acids is 1. The first-order valence-electron chi connectivity index (χ1n) is 9.42. The predicted molar refractivity (Wildman–Crippen MR) is 122 cm³/mol. The van der Waals surface area contributed by atoms with Gasteiger partial charge in [-0.15, -0.1) is 10.2 Å². The molecule has 0 atom stereocenters. The summed E-state index contributed by atoms with van der Waals surface area (Å²) in [5, 5.41) is 10.2. The van der Waals surface area contributed by atoms with E-state index in [9.17, 15) is 13.2 Å². The average Bonchev–Trinajstić information content (AvgIpc) is 3.22. The van der Waals surface area contributed by atoms with Crippen molar-refractivity contribution in [2.75, 3.05) is 12.4 Å². The summed E-state index contributed by atoms with van der Waals surface area (Å²) in [4.78, 5) is 12.3. The molecule has 0 aliphatic rings. The smallest absolute Gasteiger partial charge is 0.270 e. The number of sulfonamides is 1. The average molecular weight is 497 g/mol. The number of nitrogens with zero attached hydrogens (tertiary/aromatic N) is 2. The van der Waals surface area contributed by atoms with Crippen LogP contribution in [0.2, 0.25) is 5.02 Å². The molecule has 9 nitrogen and oxygen atoms in total. The van der Waals surface area contributed by atoms with Gasteiger partial charge in [-0.2, -0.15) is 0 Å². The molecule has 0 spiro atoms. The summed E-state index contributed by atoms with van der Waals surface area (Å²) in [5.74, 6) is 0.549. The van der Waals surface area contributed by atoms with Gasteiger partial charge in [-0.3, -0.25) is 10.1 Å². The molecule has 3 rings (SSSR count). The molecule has 3 aromatic rings. The minimum absolute atomic E-state index is 0.00154. The fraction of sp³-hybridized carbons (Fsp3) is 0.250. The minimum Gasteiger partial charge on any atom is -0.493 e. The quantitative estimate of drug-likeness (QED) is 0.433. The van der Waals surface area contributed by atoms with Crippen LogP contribution in [0.15, 0.2) is 46.8 Å². The molecule has 1 aromatic heterocycles. The normalized spacial score (nSPS) is 11.4. The molecular formula is C20H21ClN4O5S2. The monoisotopic (exact) mass is 496 g/mol. The maximum Gasteiger partial charge on any atom is 0.270 e. The summed E-state index contributed by atoms with van der Waals surface area (Å²) in [6.07, 6.45) is -0.0294. The third-order valence-electron chi connectivity index (χ3n) is 4.03. The lowest BCUT2D eigenvalue weighted by Gasteiger charge is -2.14. The highest BCUT2D eigenvalue weighted by atomic mass is 35.5. The number of anilines is 1. The van der Waals surface area contributed by atoms with Gasteiger partial charge in [0.15, 0.2) is 11.5 Å². The molecule has 0 saturated carbocycles. The van der Waals surface area contributed by atoms with Crippen LogP contribution in [-0.4, -0.2) is 37.7 Å². The number of benzene rings is 2. The summed E-state index contributed by atoms with van der Waals surface area (Å²) >= 11 is 6.73. The number of methoxy groups -OCH3 is 1. The van der Waals surface area contributed by atoms with Crippen LogP contribution in [0.25, 0.3) is 0 Å². The van der Waals surface area contributed by atoms with Crippen molar-refractivity contribution in [3.63, 3.8) is 0 Å². The summed E-state index contributed by atoms with van der Waals surface area (Å²) < 4.78 is 38.4. The van der Waals surface area contributed by atoms with E-state index in [0.717, 1.165) is 11.3 Å². The first kappa shape index (κ1) is 23.9. The van der Waals surface area contributed by atoms with Crippen LogP contribution in [0.5, 0.6) is 11.5 Å². The Labute approximate surface area is 194 Å². The number of carbonyl (C=O) groups is 1. The molecule has 12 heteroatoms. The minimum atomic E-state index is -3.95. The van der Waals surface area contributed by atoms with E-state index in [1.165, 1.54) is 7.11 Å². The maximum atomic E-state index is 12.6. The number of amides is 1. The number of hydrogen-bond acceptors (Lipinski definition) is 8. The molecule has 0 aliphatic heterocycles. The van der Waals surface area contributed by atoms with Gasteiger partial charge in [0.05, 0.1) is 23.8 Å². The molecule has 0 fully saturated rings. The first-order valence-corrected chi connectivity index (χ1v) is 12.1. The van der Waals surface area contributed by atoms with Gasteiger partial charge < -0.3 is 9.47 Å². The molecule has 0 aliphatic carbocycles. The topological polar surface area (TPSA) is 120 Å². The van der Waals surface area contributed by atoms with E-state index in [1.54, 1.807) is 42.5 Å². The van der Waals surface area contributed by atoms with Gasteiger partial charge in [-0.05, 0) is 43.7 Å². The number of rotatable bonds is 9. The highest BCUT2D eigenvalue weighted by Gasteiger charge is 2.22. The van der Waals surface area contributed by atoms with E-state index >= 15 is 0 Å². The molecule has 0 bridgehead atoms. The van der Waals surface area contributed by atoms with E-state index < -0.39 is 15.9 Å². The van der Waals surface area contributed by atoms with Crippen molar-refractivity contribution in [3.8, 4) is 11.5 Å². The van der Waals surface area contributed by atoms with Crippen LogP contribution in [0.1, 0.15) is 29.8 Å². The van der Waals surface area contributed by atoms with E-state index in [0.29, 0.717) is 17.1 Å². The second kappa shape index (κ2) is 10.3. The second-order valence-corrected chi connectivity index (χ2v) is 10.1. The van der Waals surface area contributed by atoms with E-state index in [-0.39, 0.29) is 32.7 Å². The molecule has 1 amide bonds. The summed E-state index contributed by atoms with van der Waals surface area (Å²) in [6, 6.07) is 11.6. The zero-order chi connectivity index (χ0) is 23.3. The van der Waals surface area contributed by atoms with Crippen molar-refractivity contribution < 1.29 is 22.7 Å². The van der Waals surface area contributed by atoms with E-state index in [2.05, 4.69) is 20.2 Å². The lowest BCUT2D eigenvalue weighted by molar-refractivity contribution is 0.102. The molecular weight excluding hydrogens is 476 g/mol. The maximum absolute atomic E-state index is 12.6. The molecule has 0 unspecified atom stereocenters. The van der Waals surface area contributed by atoms with Gasteiger partial charge in [0.1, 0.15) is 0 Å². The Morgan fingerprint density at radius 1 is 1.16 bits per heavy atom. The van der Waals surface area contributed by atoms with Gasteiger partial charge in [0.2, 0.25) is 9.47 Å². The first-order chi connectivity index (χ1) is 15.2. The highest BCUT2D eigenvalue weighted by Crippen LogP contribution is 2.29. The molecule has 2 N–H and O–H groups in total. The molecule has 32 heavy (non-hydrogen) atoms. The van der Waals surface area contributed by atoms with Gasteiger partial charge in [0.25, 0.3) is 15.9 Å². The van der Waals surface area contributed by atoms with E-state index in [1.807, 2.05) is 13.8 Å². The van der Waals surface area contributed by atoms with Gasteiger partial charge in [-0.1, -0.05) is 41.1 Å². The molecule has 0 radical (unpaired) electrons. The lowest BCUT2D eigenvalue weighted by atomic mass is 10.2. The summed E-state index contributed by atoms with van der Waals surface area (Å²) in [7, 11) is -2.44. The summed E-state index contributed by atoms with van der Waals surface area (Å²) in [5.41, 5.74) is 0.907. The van der Waals surface area contributed by atoms with Crippen LogP contribution < -0.4 is 19.5 Å². The third-order valence-corrected chi connectivity index (χ3v) is 6.97. The molecule has 2 aromatic carbocycles. The van der Waals surface area contributed by atoms with Crippen molar-refractivity contribution in [2.45, 2.75) is 30.8 Å². The van der Waals surface area contributed by atoms with Crippen LogP contribution in [0, 0.1) is 0 Å². The zero-order valence-corrected chi connectivity index (χ0v) is 19.8. The number of nitrogens with one attached hydrogen (secondary N) is 2. The number of ether oxygens (including phenoxy) is 2. The van der Waals surface area contributed by atoms with Crippen LogP contribution in [-0.2, 0) is 16.6 Å². The largest absolute Gasteiger partial charge is 0.493 e. The number of aromatic nitrogens is 2. The van der Waals surface area contributed by atoms with Crippen molar-refractivity contribution in [3.05, 3.63) is 58.6 Å². The highest BCUT2D eigenvalue weighted by molar-refractivity contribution is 7.91. The van der Waals surface area contributed by atoms with Gasteiger partial charge >= 0.3 is 0 Å². The fourth-order valence-corrected chi connectivity index (χ4v) is 4.77. The number of hydrogen-bond donors (Lipinski definition) is 2. The Bertz CT molecular complexity index is 1210. The van der Waals surface area contributed by atoms with Crippen molar-refractivity contribution in [1.82, 2.24) is 14.9 Å². The van der Waals surface area contributed by atoms with Crippen molar-refractivity contribution >= 4 is 44.0 Å².